The highest BCUT2D eigenvalue weighted by Crippen LogP contribution is 2.28. The van der Waals surface area contributed by atoms with Crippen molar-refractivity contribution in [1.29, 1.82) is 0 Å². The minimum atomic E-state index is -0.113. The fourth-order valence-electron chi connectivity index (χ4n) is 1.20. The van der Waals surface area contributed by atoms with Crippen LogP contribution in [0.3, 0.4) is 0 Å². The van der Waals surface area contributed by atoms with Gasteiger partial charge in [0.25, 0.3) is 0 Å². The highest BCUT2D eigenvalue weighted by atomic mass is 32.2. The van der Waals surface area contributed by atoms with Crippen LogP contribution in [0, 0.1) is 0 Å². The molecular weight excluding hydrogens is 346 g/mol. The smallest absolute Gasteiger partial charge is 0.236 e. The van der Waals surface area contributed by atoms with Crippen LogP contribution in [0.25, 0.3) is 0 Å². The molecule has 0 bridgehead atoms. The van der Waals surface area contributed by atoms with Crippen molar-refractivity contribution in [2.75, 3.05) is 17.3 Å². The van der Waals surface area contributed by atoms with Crippen molar-refractivity contribution < 1.29 is 4.79 Å². The van der Waals surface area contributed by atoms with E-state index in [4.69, 9.17) is 0 Å². The van der Waals surface area contributed by atoms with E-state index >= 15 is 0 Å². The molecule has 2 rings (SSSR count). The van der Waals surface area contributed by atoms with E-state index < -0.39 is 0 Å². The number of anilines is 1. The summed E-state index contributed by atoms with van der Waals surface area (Å²) in [4.78, 5) is 16.2. The zero-order valence-electron chi connectivity index (χ0n) is 12.0. The molecule has 1 N–H and O–H groups in total. The summed E-state index contributed by atoms with van der Waals surface area (Å²) in [7, 11) is 0. The SMILES string of the molecule is CSc1nsc(SCC(=O)Nc2nnc(C(C)(C)C)s2)n1. The fraction of sp³-hybridized carbons (Fsp3) is 0.545. The van der Waals surface area contributed by atoms with Crippen molar-refractivity contribution in [3.8, 4) is 0 Å². The second-order valence-electron chi connectivity index (χ2n) is 5.05. The lowest BCUT2D eigenvalue weighted by Gasteiger charge is -2.12. The molecule has 114 valence electrons. The van der Waals surface area contributed by atoms with Crippen LogP contribution in [0.1, 0.15) is 25.8 Å². The molecule has 0 aliphatic carbocycles. The summed E-state index contributed by atoms with van der Waals surface area (Å²) >= 11 is 5.57. The molecule has 0 saturated carbocycles. The molecular formula is C11H15N5OS4. The zero-order valence-corrected chi connectivity index (χ0v) is 15.3. The average Bonchev–Trinajstić information content (AvgIpc) is 3.04. The molecule has 0 aliphatic rings. The summed E-state index contributed by atoms with van der Waals surface area (Å²) in [5.74, 6) is 0.172. The Labute approximate surface area is 139 Å². The minimum absolute atomic E-state index is 0.0594. The molecule has 0 unspecified atom stereocenters. The Morgan fingerprint density at radius 2 is 2.10 bits per heavy atom. The van der Waals surface area contributed by atoms with Gasteiger partial charge in [-0.1, -0.05) is 55.6 Å². The maximum absolute atomic E-state index is 11.9. The Morgan fingerprint density at radius 1 is 1.33 bits per heavy atom. The van der Waals surface area contributed by atoms with Gasteiger partial charge in [0.2, 0.25) is 16.2 Å². The third-order valence-corrected chi connectivity index (χ3v) is 5.97. The van der Waals surface area contributed by atoms with Crippen LogP contribution in [-0.4, -0.2) is 37.5 Å². The number of carbonyl (C=O) groups is 1. The van der Waals surface area contributed by atoms with Gasteiger partial charge in [-0.15, -0.1) is 10.2 Å². The first kappa shape index (κ1) is 16.7. The Kier molecular flexibility index (Phi) is 5.58. The number of amides is 1. The number of nitrogens with one attached hydrogen (secondary N) is 1. The van der Waals surface area contributed by atoms with Gasteiger partial charge in [0, 0.05) is 5.41 Å². The van der Waals surface area contributed by atoms with Crippen molar-refractivity contribution in [2.45, 2.75) is 35.7 Å². The molecule has 0 atom stereocenters. The van der Waals surface area contributed by atoms with Crippen LogP contribution in [0.15, 0.2) is 9.50 Å². The van der Waals surface area contributed by atoms with E-state index in [-0.39, 0.29) is 17.1 Å². The van der Waals surface area contributed by atoms with Crippen LogP contribution < -0.4 is 5.32 Å². The van der Waals surface area contributed by atoms with Gasteiger partial charge in [-0.05, 0) is 17.8 Å². The maximum Gasteiger partial charge on any atom is 0.236 e. The van der Waals surface area contributed by atoms with Crippen molar-refractivity contribution in [1.82, 2.24) is 19.6 Å². The summed E-state index contributed by atoms with van der Waals surface area (Å²) in [5.41, 5.74) is -0.0594. The fourth-order valence-corrected chi connectivity index (χ4v) is 4.03. The summed E-state index contributed by atoms with van der Waals surface area (Å²) in [6.45, 7) is 6.19. The normalized spacial score (nSPS) is 11.6. The molecule has 0 aliphatic heterocycles. The van der Waals surface area contributed by atoms with E-state index in [1.165, 1.54) is 46.4 Å². The van der Waals surface area contributed by atoms with Gasteiger partial charge in [-0.3, -0.25) is 10.1 Å². The van der Waals surface area contributed by atoms with Crippen LogP contribution in [0.2, 0.25) is 0 Å². The van der Waals surface area contributed by atoms with Gasteiger partial charge < -0.3 is 0 Å². The second-order valence-corrected chi connectivity index (χ2v) is 8.77. The van der Waals surface area contributed by atoms with Gasteiger partial charge >= 0.3 is 0 Å². The Balaban J connectivity index is 1.85. The third kappa shape index (κ3) is 4.90. The molecule has 6 nitrogen and oxygen atoms in total. The molecule has 10 heteroatoms. The van der Waals surface area contributed by atoms with E-state index in [2.05, 4.69) is 45.6 Å². The highest BCUT2D eigenvalue weighted by Gasteiger charge is 2.20. The lowest BCUT2D eigenvalue weighted by molar-refractivity contribution is -0.113. The molecule has 0 radical (unpaired) electrons. The van der Waals surface area contributed by atoms with Gasteiger partial charge in [-0.25, -0.2) is 4.98 Å². The van der Waals surface area contributed by atoms with E-state index in [9.17, 15) is 4.79 Å². The van der Waals surface area contributed by atoms with Crippen LogP contribution in [0.5, 0.6) is 0 Å². The number of rotatable bonds is 5. The van der Waals surface area contributed by atoms with Gasteiger partial charge in [0.05, 0.1) is 5.75 Å². The number of hydrogen-bond donors (Lipinski definition) is 1. The maximum atomic E-state index is 11.9. The first-order valence-electron chi connectivity index (χ1n) is 6.03. The lowest BCUT2D eigenvalue weighted by Crippen LogP contribution is -2.13. The lowest BCUT2D eigenvalue weighted by atomic mass is 9.98. The van der Waals surface area contributed by atoms with Gasteiger partial charge in [0.15, 0.2) is 4.34 Å². The first-order valence-corrected chi connectivity index (χ1v) is 9.83. The Morgan fingerprint density at radius 3 is 2.67 bits per heavy atom. The molecule has 0 saturated heterocycles. The van der Waals surface area contributed by atoms with Crippen LogP contribution in [0.4, 0.5) is 5.13 Å². The van der Waals surface area contributed by atoms with E-state index in [1.807, 2.05) is 6.26 Å². The zero-order chi connectivity index (χ0) is 15.5. The average molecular weight is 362 g/mol. The second kappa shape index (κ2) is 7.03. The molecule has 2 heterocycles. The molecule has 0 aromatic carbocycles. The van der Waals surface area contributed by atoms with Crippen molar-refractivity contribution in [2.24, 2.45) is 0 Å². The molecule has 21 heavy (non-hydrogen) atoms. The Hall–Kier alpha value is -0.710. The topological polar surface area (TPSA) is 80.7 Å². The largest absolute Gasteiger partial charge is 0.300 e. The predicted molar refractivity (Wildman–Crippen MR) is 89.7 cm³/mol. The Bertz CT molecular complexity index is 618. The van der Waals surface area contributed by atoms with Crippen LogP contribution in [-0.2, 0) is 10.2 Å². The predicted octanol–water partition coefficient (Wildman–Crippen LogP) is 3.14. The van der Waals surface area contributed by atoms with Crippen molar-refractivity contribution in [3.63, 3.8) is 0 Å². The summed E-state index contributed by atoms with van der Waals surface area (Å²) in [5, 5.41) is 13.0. The number of nitrogens with zero attached hydrogens (tertiary/aromatic N) is 4. The van der Waals surface area contributed by atoms with Crippen molar-refractivity contribution in [3.05, 3.63) is 5.01 Å². The number of hydrogen-bond acceptors (Lipinski definition) is 9. The summed E-state index contributed by atoms with van der Waals surface area (Å²) in [6.07, 6.45) is 1.92. The quantitative estimate of drug-likeness (QED) is 0.819. The highest BCUT2D eigenvalue weighted by molar-refractivity contribution is 8.01. The van der Waals surface area contributed by atoms with Gasteiger partial charge in [-0.2, -0.15) is 4.37 Å². The number of aromatic nitrogens is 4. The molecule has 2 aromatic rings. The molecule has 0 spiro atoms. The molecule has 0 fully saturated rings. The first-order chi connectivity index (χ1) is 9.88. The monoisotopic (exact) mass is 361 g/mol. The minimum Gasteiger partial charge on any atom is -0.300 e. The van der Waals surface area contributed by atoms with E-state index in [1.54, 1.807) is 0 Å². The number of carbonyl (C=O) groups excluding carboxylic acids is 1. The van der Waals surface area contributed by atoms with Crippen molar-refractivity contribution >= 4 is 57.4 Å². The summed E-state index contributed by atoms with van der Waals surface area (Å²) < 4.78 is 4.94. The van der Waals surface area contributed by atoms with E-state index in [0.717, 1.165) is 14.5 Å². The van der Waals surface area contributed by atoms with E-state index in [0.29, 0.717) is 5.13 Å². The van der Waals surface area contributed by atoms with Gasteiger partial charge in [0.1, 0.15) is 5.01 Å². The number of thioether (sulfide) groups is 2. The molecule has 1 amide bonds. The molecule has 2 aromatic heterocycles. The van der Waals surface area contributed by atoms with Crippen LogP contribution >= 0.6 is 46.4 Å². The standard InChI is InChI=1S/C11H15N5OS4/c1-11(2,3)7-14-15-8(20-7)12-6(17)5-19-10-13-9(18-4)16-21-10/h5H2,1-4H3,(H,12,15,17). The summed E-state index contributed by atoms with van der Waals surface area (Å²) in [6, 6.07) is 0. The third-order valence-electron chi connectivity index (χ3n) is 2.21.